The van der Waals surface area contributed by atoms with Crippen molar-refractivity contribution in [1.29, 1.82) is 0 Å². The Bertz CT molecular complexity index is 1420. The van der Waals surface area contributed by atoms with Crippen molar-refractivity contribution in [2.75, 3.05) is 0 Å². The number of hydrogen-bond donors (Lipinski definition) is 0. The SMILES string of the molecule is Cn1c2c3oc4ncccc4c3ccc2n2c3ccccc3nc12. The van der Waals surface area contributed by atoms with Gasteiger partial charge in [-0.05, 0) is 36.4 Å². The van der Waals surface area contributed by atoms with E-state index in [9.17, 15) is 0 Å². The summed E-state index contributed by atoms with van der Waals surface area (Å²) < 4.78 is 10.4. The van der Waals surface area contributed by atoms with Crippen LogP contribution in [0, 0.1) is 0 Å². The minimum absolute atomic E-state index is 0.670. The predicted octanol–water partition coefficient (Wildman–Crippen LogP) is 4.27. The number of para-hydroxylation sites is 2. The van der Waals surface area contributed by atoms with Gasteiger partial charge >= 0.3 is 0 Å². The van der Waals surface area contributed by atoms with E-state index in [1.54, 1.807) is 6.20 Å². The summed E-state index contributed by atoms with van der Waals surface area (Å²) in [5.41, 5.74) is 5.76. The molecule has 0 spiro atoms. The lowest BCUT2D eigenvalue weighted by atomic mass is 10.2. The van der Waals surface area contributed by atoms with Crippen LogP contribution in [0.3, 0.4) is 0 Å². The Morgan fingerprint density at radius 1 is 0.917 bits per heavy atom. The molecule has 0 amide bonds. The highest BCUT2D eigenvalue weighted by atomic mass is 16.3. The molecule has 0 saturated carbocycles. The predicted molar refractivity (Wildman–Crippen MR) is 94.2 cm³/mol. The molecule has 6 rings (SSSR count). The highest BCUT2D eigenvalue weighted by molar-refractivity contribution is 6.13. The number of nitrogens with zero attached hydrogens (tertiary/aromatic N) is 4. The van der Waals surface area contributed by atoms with Gasteiger partial charge in [-0.2, -0.15) is 0 Å². The van der Waals surface area contributed by atoms with Crippen molar-refractivity contribution in [3.8, 4) is 0 Å². The maximum Gasteiger partial charge on any atom is 0.227 e. The lowest BCUT2D eigenvalue weighted by Gasteiger charge is -1.97. The van der Waals surface area contributed by atoms with Crippen LogP contribution in [0.1, 0.15) is 0 Å². The van der Waals surface area contributed by atoms with Crippen LogP contribution in [-0.4, -0.2) is 18.9 Å². The Kier molecular flexibility index (Phi) is 1.99. The Balaban J connectivity index is 1.93. The first kappa shape index (κ1) is 12.1. The lowest BCUT2D eigenvalue weighted by molar-refractivity contribution is 0.655. The monoisotopic (exact) mass is 312 g/mol. The summed E-state index contributed by atoms with van der Waals surface area (Å²) in [5, 5.41) is 2.12. The lowest BCUT2D eigenvalue weighted by Crippen LogP contribution is -1.88. The fourth-order valence-electron chi connectivity index (χ4n) is 3.73. The smallest absolute Gasteiger partial charge is 0.227 e. The summed E-state index contributed by atoms with van der Waals surface area (Å²) in [5.74, 6) is 0.909. The maximum absolute atomic E-state index is 6.08. The Hall–Kier alpha value is -3.34. The van der Waals surface area contributed by atoms with Crippen molar-refractivity contribution in [2.45, 2.75) is 0 Å². The number of furan rings is 1. The third-order valence-electron chi connectivity index (χ3n) is 4.79. The van der Waals surface area contributed by atoms with Crippen molar-refractivity contribution in [1.82, 2.24) is 18.9 Å². The number of aromatic nitrogens is 4. The second-order valence-corrected chi connectivity index (χ2v) is 6.06. The Morgan fingerprint density at radius 2 is 1.83 bits per heavy atom. The second-order valence-electron chi connectivity index (χ2n) is 6.06. The van der Waals surface area contributed by atoms with E-state index in [0.717, 1.165) is 44.2 Å². The van der Waals surface area contributed by atoms with Gasteiger partial charge in [0.25, 0.3) is 0 Å². The Labute approximate surface area is 135 Å². The van der Waals surface area contributed by atoms with E-state index in [1.165, 1.54) is 0 Å². The standard InChI is InChI=1S/C19H12N4O/c1-22-16-15(23-14-7-3-2-6-13(14)21-19(22)23)9-8-11-12-5-4-10-20-18(12)24-17(11)16/h2-10H,1H3. The van der Waals surface area contributed by atoms with Gasteiger partial charge in [-0.15, -0.1) is 0 Å². The number of hydrogen-bond acceptors (Lipinski definition) is 3. The molecule has 114 valence electrons. The van der Waals surface area contributed by atoms with Crippen molar-refractivity contribution in [2.24, 2.45) is 7.05 Å². The molecule has 2 aromatic carbocycles. The minimum Gasteiger partial charge on any atom is -0.435 e. The number of aryl methyl sites for hydroxylation is 1. The molecule has 0 aliphatic rings. The second kappa shape index (κ2) is 3.94. The fraction of sp³-hybridized carbons (Fsp3) is 0.0526. The maximum atomic E-state index is 6.08. The topological polar surface area (TPSA) is 48.3 Å². The number of imidazole rings is 2. The van der Waals surface area contributed by atoms with E-state index in [1.807, 2.05) is 37.4 Å². The van der Waals surface area contributed by atoms with E-state index >= 15 is 0 Å². The summed E-state index contributed by atoms with van der Waals surface area (Å²) in [6.45, 7) is 0. The first-order chi connectivity index (χ1) is 11.8. The molecule has 4 heterocycles. The molecule has 0 aliphatic heterocycles. The van der Waals surface area contributed by atoms with Crippen LogP contribution in [0.25, 0.3) is 49.9 Å². The van der Waals surface area contributed by atoms with Crippen LogP contribution in [0.5, 0.6) is 0 Å². The fourth-order valence-corrected chi connectivity index (χ4v) is 3.73. The molecule has 24 heavy (non-hydrogen) atoms. The van der Waals surface area contributed by atoms with Crippen LogP contribution in [-0.2, 0) is 7.05 Å². The van der Waals surface area contributed by atoms with E-state index in [2.05, 4.69) is 32.2 Å². The minimum atomic E-state index is 0.670. The molecule has 0 radical (unpaired) electrons. The van der Waals surface area contributed by atoms with Crippen LogP contribution < -0.4 is 0 Å². The van der Waals surface area contributed by atoms with Gasteiger partial charge in [-0.25, -0.2) is 9.97 Å². The Morgan fingerprint density at radius 3 is 2.79 bits per heavy atom. The average molecular weight is 312 g/mol. The van der Waals surface area contributed by atoms with Crippen molar-refractivity contribution in [3.63, 3.8) is 0 Å². The first-order valence-corrected chi connectivity index (χ1v) is 7.85. The molecule has 5 heteroatoms. The zero-order valence-corrected chi connectivity index (χ0v) is 12.9. The van der Waals surface area contributed by atoms with Crippen LogP contribution in [0.15, 0.2) is 59.1 Å². The highest BCUT2D eigenvalue weighted by Crippen LogP contribution is 2.35. The zero-order valence-electron chi connectivity index (χ0n) is 12.9. The normalized spacial score (nSPS) is 12.4. The molecule has 0 atom stereocenters. The molecular formula is C19H12N4O. The average Bonchev–Trinajstić information content (AvgIpc) is 3.25. The van der Waals surface area contributed by atoms with Gasteiger partial charge in [0.05, 0.1) is 16.6 Å². The summed E-state index contributed by atoms with van der Waals surface area (Å²) >= 11 is 0. The van der Waals surface area contributed by atoms with Gasteiger partial charge in [-0.1, -0.05) is 12.1 Å². The van der Waals surface area contributed by atoms with Crippen molar-refractivity contribution in [3.05, 3.63) is 54.7 Å². The largest absolute Gasteiger partial charge is 0.435 e. The molecule has 0 N–H and O–H groups in total. The molecule has 6 aromatic rings. The first-order valence-electron chi connectivity index (χ1n) is 7.85. The van der Waals surface area contributed by atoms with Gasteiger partial charge in [0.15, 0.2) is 5.58 Å². The molecule has 4 aromatic heterocycles. The van der Waals surface area contributed by atoms with Gasteiger partial charge in [0, 0.05) is 24.0 Å². The highest BCUT2D eigenvalue weighted by Gasteiger charge is 2.19. The molecule has 0 aliphatic carbocycles. The molecule has 5 nitrogen and oxygen atoms in total. The number of rotatable bonds is 0. The zero-order chi connectivity index (χ0) is 15.8. The van der Waals surface area contributed by atoms with Gasteiger partial charge in [0.2, 0.25) is 11.5 Å². The molecular weight excluding hydrogens is 300 g/mol. The van der Waals surface area contributed by atoms with Gasteiger partial charge in [-0.3, -0.25) is 4.40 Å². The van der Waals surface area contributed by atoms with Crippen LogP contribution in [0.4, 0.5) is 0 Å². The molecule has 0 saturated heterocycles. The summed E-state index contributed by atoms with van der Waals surface area (Å²) in [6, 6.07) is 16.4. The van der Waals surface area contributed by atoms with Crippen molar-refractivity contribution >= 4 is 49.9 Å². The number of benzene rings is 2. The van der Waals surface area contributed by atoms with Crippen molar-refractivity contribution < 1.29 is 4.42 Å². The van der Waals surface area contributed by atoms with Gasteiger partial charge < -0.3 is 8.98 Å². The molecule has 0 unspecified atom stereocenters. The van der Waals surface area contributed by atoms with E-state index in [4.69, 9.17) is 9.40 Å². The van der Waals surface area contributed by atoms with E-state index < -0.39 is 0 Å². The third kappa shape index (κ3) is 1.27. The quantitative estimate of drug-likeness (QED) is 0.421. The summed E-state index contributed by atoms with van der Waals surface area (Å²) in [4.78, 5) is 9.13. The van der Waals surface area contributed by atoms with Crippen LogP contribution >= 0.6 is 0 Å². The van der Waals surface area contributed by atoms with E-state index in [-0.39, 0.29) is 0 Å². The number of pyridine rings is 1. The molecule has 0 bridgehead atoms. The van der Waals surface area contributed by atoms with E-state index in [0.29, 0.717) is 5.71 Å². The third-order valence-corrected chi connectivity index (χ3v) is 4.79. The summed E-state index contributed by atoms with van der Waals surface area (Å²) in [7, 11) is 2.03. The molecule has 0 fully saturated rings. The summed E-state index contributed by atoms with van der Waals surface area (Å²) in [6.07, 6.45) is 1.76. The van der Waals surface area contributed by atoms with Gasteiger partial charge in [0.1, 0.15) is 5.52 Å². The number of fused-ring (bicyclic) bond motifs is 9. The van der Waals surface area contributed by atoms with Crippen LogP contribution in [0.2, 0.25) is 0 Å².